The molecule has 0 spiro atoms. The lowest BCUT2D eigenvalue weighted by Crippen LogP contribution is -2.36. The summed E-state index contributed by atoms with van der Waals surface area (Å²) in [4.78, 5) is 11.9. The molecule has 0 rings (SSSR count). The lowest BCUT2D eigenvalue weighted by atomic mass is 9.96. The molecule has 120 valence electrons. The molecule has 0 bridgehead atoms. The van der Waals surface area contributed by atoms with Crippen molar-refractivity contribution >= 4 is 5.91 Å². The Labute approximate surface area is 126 Å². The summed E-state index contributed by atoms with van der Waals surface area (Å²) in [5, 5.41) is 3.03. The molecule has 0 saturated carbocycles. The molecule has 20 heavy (non-hydrogen) atoms. The predicted molar refractivity (Wildman–Crippen MR) is 87.6 cm³/mol. The summed E-state index contributed by atoms with van der Waals surface area (Å²) < 4.78 is 0. The largest absolute Gasteiger partial charge is 0.356 e. The van der Waals surface area contributed by atoms with Crippen molar-refractivity contribution in [2.75, 3.05) is 13.1 Å². The van der Waals surface area contributed by atoms with Crippen LogP contribution in [-0.4, -0.2) is 19.0 Å². The summed E-state index contributed by atoms with van der Waals surface area (Å²) >= 11 is 0. The summed E-state index contributed by atoms with van der Waals surface area (Å²) in [6, 6.07) is 0. The van der Waals surface area contributed by atoms with E-state index in [1.807, 2.05) is 0 Å². The van der Waals surface area contributed by atoms with Crippen molar-refractivity contribution in [1.29, 1.82) is 0 Å². The Morgan fingerprint density at radius 2 is 1.55 bits per heavy atom. The molecule has 0 aliphatic heterocycles. The number of rotatable bonds is 13. The highest BCUT2D eigenvalue weighted by Crippen LogP contribution is 2.11. The monoisotopic (exact) mass is 284 g/mol. The molecule has 0 aliphatic rings. The molecule has 0 radical (unpaired) electrons. The van der Waals surface area contributed by atoms with E-state index >= 15 is 0 Å². The highest BCUT2D eigenvalue weighted by Gasteiger charge is 2.17. The summed E-state index contributed by atoms with van der Waals surface area (Å²) in [5.74, 6) is 0.658. The summed E-state index contributed by atoms with van der Waals surface area (Å²) in [7, 11) is 0. The summed E-state index contributed by atoms with van der Waals surface area (Å²) in [5.41, 5.74) is 5.67. The second-order valence-electron chi connectivity index (χ2n) is 6.33. The lowest BCUT2D eigenvalue weighted by molar-refractivity contribution is -0.125. The molecule has 0 heterocycles. The third-order valence-corrected chi connectivity index (χ3v) is 3.74. The highest BCUT2D eigenvalue weighted by molar-refractivity contribution is 5.78. The minimum Gasteiger partial charge on any atom is -0.356 e. The maximum absolute atomic E-state index is 11.9. The van der Waals surface area contributed by atoms with E-state index in [4.69, 9.17) is 5.73 Å². The normalized spacial score (nSPS) is 12.7. The third-order valence-electron chi connectivity index (χ3n) is 3.74. The van der Waals surface area contributed by atoms with E-state index in [0.29, 0.717) is 12.5 Å². The summed E-state index contributed by atoms with van der Waals surface area (Å²) in [6.45, 7) is 7.78. The van der Waals surface area contributed by atoms with Gasteiger partial charge in [-0.05, 0) is 18.8 Å². The van der Waals surface area contributed by atoms with Gasteiger partial charge in [0.25, 0.3) is 0 Å². The molecule has 0 aliphatic carbocycles. The van der Waals surface area contributed by atoms with Gasteiger partial charge in [-0.2, -0.15) is 0 Å². The van der Waals surface area contributed by atoms with Crippen LogP contribution < -0.4 is 11.1 Å². The first-order chi connectivity index (χ1) is 9.61. The molecule has 3 N–H and O–H groups in total. The van der Waals surface area contributed by atoms with Gasteiger partial charge in [0.15, 0.2) is 0 Å². The van der Waals surface area contributed by atoms with Crippen molar-refractivity contribution < 1.29 is 4.79 Å². The Bertz CT molecular complexity index is 229. The predicted octanol–water partition coefficient (Wildman–Crippen LogP) is 3.86. The topological polar surface area (TPSA) is 55.1 Å². The number of nitrogens with two attached hydrogens (primary N) is 1. The first-order valence-electron chi connectivity index (χ1n) is 8.59. The Balaban J connectivity index is 3.46. The molecular weight excluding hydrogens is 248 g/mol. The molecule has 1 amide bonds. The second-order valence-corrected chi connectivity index (χ2v) is 6.33. The van der Waals surface area contributed by atoms with Crippen LogP contribution >= 0.6 is 0 Å². The zero-order valence-corrected chi connectivity index (χ0v) is 13.9. The lowest BCUT2D eigenvalue weighted by Gasteiger charge is -2.16. The molecule has 3 heteroatoms. The van der Waals surface area contributed by atoms with Crippen LogP contribution in [0.2, 0.25) is 0 Å². The van der Waals surface area contributed by atoms with Gasteiger partial charge in [0.2, 0.25) is 5.91 Å². The fourth-order valence-electron chi connectivity index (χ4n) is 2.49. The minimum atomic E-state index is -0.0101. The van der Waals surface area contributed by atoms with Crippen LogP contribution in [0, 0.1) is 11.8 Å². The van der Waals surface area contributed by atoms with Gasteiger partial charge < -0.3 is 11.1 Å². The molecular formula is C17H36N2O. The zero-order chi connectivity index (χ0) is 15.2. The molecule has 1 unspecified atom stereocenters. The number of carbonyl (C=O) groups is 1. The van der Waals surface area contributed by atoms with Crippen molar-refractivity contribution in [1.82, 2.24) is 5.32 Å². The molecule has 0 aromatic rings. The number of amides is 1. The quantitative estimate of drug-likeness (QED) is 0.504. The molecule has 3 nitrogen and oxygen atoms in total. The third kappa shape index (κ3) is 11.3. The molecule has 1 atom stereocenters. The van der Waals surface area contributed by atoms with Crippen molar-refractivity contribution in [3.05, 3.63) is 0 Å². The van der Waals surface area contributed by atoms with Crippen LogP contribution in [-0.2, 0) is 4.79 Å². The smallest absolute Gasteiger partial charge is 0.224 e. The van der Waals surface area contributed by atoms with Crippen molar-refractivity contribution in [3.8, 4) is 0 Å². The number of hydrogen-bond donors (Lipinski definition) is 2. The first-order valence-corrected chi connectivity index (χ1v) is 8.59. The van der Waals surface area contributed by atoms with Gasteiger partial charge in [-0.15, -0.1) is 0 Å². The van der Waals surface area contributed by atoms with Gasteiger partial charge in [0.05, 0.1) is 5.92 Å². The van der Waals surface area contributed by atoms with E-state index in [1.165, 1.54) is 44.9 Å². The van der Waals surface area contributed by atoms with Gasteiger partial charge >= 0.3 is 0 Å². The van der Waals surface area contributed by atoms with Gasteiger partial charge in [-0.3, -0.25) is 4.79 Å². The number of carbonyl (C=O) groups excluding carboxylic acids is 1. The van der Waals surface area contributed by atoms with Crippen LogP contribution in [0.4, 0.5) is 0 Å². The average Bonchev–Trinajstić information content (AvgIpc) is 2.42. The second kappa shape index (κ2) is 13.4. The maximum Gasteiger partial charge on any atom is 0.224 e. The molecule has 0 aromatic heterocycles. The van der Waals surface area contributed by atoms with Crippen LogP contribution in [0.3, 0.4) is 0 Å². The van der Waals surface area contributed by atoms with Crippen LogP contribution in [0.1, 0.15) is 78.6 Å². The SMILES string of the molecule is CCCCCCCCCCNC(=O)C(CN)CC(C)C. The maximum atomic E-state index is 11.9. The van der Waals surface area contributed by atoms with Gasteiger partial charge in [-0.1, -0.05) is 65.7 Å². The Kier molecular flexibility index (Phi) is 13.0. The molecule has 0 saturated heterocycles. The van der Waals surface area contributed by atoms with E-state index in [9.17, 15) is 4.79 Å². The Morgan fingerprint density at radius 1 is 1.00 bits per heavy atom. The van der Waals surface area contributed by atoms with Crippen molar-refractivity contribution in [3.63, 3.8) is 0 Å². The van der Waals surface area contributed by atoms with E-state index < -0.39 is 0 Å². The number of unbranched alkanes of at least 4 members (excludes halogenated alkanes) is 7. The fourth-order valence-corrected chi connectivity index (χ4v) is 2.49. The van der Waals surface area contributed by atoms with E-state index in [1.54, 1.807) is 0 Å². The van der Waals surface area contributed by atoms with Crippen molar-refractivity contribution in [2.24, 2.45) is 17.6 Å². The Hall–Kier alpha value is -0.570. The summed E-state index contributed by atoms with van der Waals surface area (Å²) in [6.07, 6.45) is 11.3. The standard InChI is InChI=1S/C17H36N2O/c1-4-5-6-7-8-9-10-11-12-19-17(20)16(14-18)13-15(2)3/h15-16H,4-14,18H2,1-3H3,(H,19,20). The first kappa shape index (κ1) is 19.4. The highest BCUT2D eigenvalue weighted by atomic mass is 16.1. The van der Waals surface area contributed by atoms with Crippen molar-refractivity contribution in [2.45, 2.75) is 78.6 Å². The van der Waals surface area contributed by atoms with E-state index in [-0.39, 0.29) is 11.8 Å². The fraction of sp³-hybridized carbons (Fsp3) is 0.941. The van der Waals surface area contributed by atoms with Crippen LogP contribution in [0.15, 0.2) is 0 Å². The number of nitrogens with one attached hydrogen (secondary N) is 1. The van der Waals surface area contributed by atoms with Crippen LogP contribution in [0.5, 0.6) is 0 Å². The van der Waals surface area contributed by atoms with Gasteiger partial charge in [0.1, 0.15) is 0 Å². The van der Waals surface area contributed by atoms with Gasteiger partial charge in [-0.25, -0.2) is 0 Å². The zero-order valence-electron chi connectivity index (χ0n) is 13.9. The Morgan fingerprint density at radius 3 is 2.05 bits per heavy atom. The molecule has 0 aromatic carbocycles. The minimum absolute atomic E-state index is 0.0101. The van der Waals surface area contributed by atoms with E-state index in [2.05, 4.69) is 26.1 Å². The van der Waals surface area contributed by atoms with Crippen LogP contribution in [0.25, 0.3) is 0 Å². The van der Waals surface area contributed by atoms with Gasteiger partial charge in [0, 0.05) is 13.1 Å². The molecule has 0 fully saturated rings. The van der Waals surface area contributed by atoms with E-state index in [0.717, 1.165) is 19.4 Å². The average molecular weight is 284 g/mol. The number of hydrogen-bond acceptors (Lipinski definition) is 2.